The fourth-order valence-corrected chi connectivity index (χ4v) is 3.77. The Balaban J connectivity index is 1.72. The highest BCUT2D eigenvalue weighted by atomic mass is 19.1. The van der Waals surface area contributed by atoms with Crippen LogP contribution >= 0.6 is 0 Å². The molecular formula is C23H26FN5O2. The van der Waals surface area contributed by atoms with Crippen molar-refractivity contribution >= 4 is 5.78 Å². The minimum Gasteiger partial charge on any atom is -0.462 e. The Morgan fingerprint density at radius 1 is 1.13 bits per heavy atom. The smallest absolute Gasteiger partial charge is 0.316 e. The van der Waals surface area contributed by atoms with Crippen LogP contribution in [-0.4, -0.2) is 57.4 Å². The molecule has 31 heavy (non-hydrogen) atoms. The highest BCUT2D eigenvalue weighted by Gasteiger charge is 2.25. The van der Waals surface area contributed by atoms with Crippen molar-refractivity contribution in [3.63, 3.8) is 0 Å². The van der Waals surface area contributed by atoms with E-state index in [0.717, 1.165) is 36.3 Å². The summed E-state index contributed by atoms with van der Waals surface area (Å²) in [5.74, 6) is 0.00410. The standard InChI is InChI=1S/C23H26FN5O2/c1-28(2)13-14-31-23-25-12-11-20(27-23)22-21(16-3-5-17(24)6-4-16)26-15-29(22)18-7-9-19(30)10-8-18/h3-6,11-12,15,18H,7-10,13-14H2,1-2H3. The number of carbonyl (C=O) groups excluding carboxylic acids is 1. The number of nitrogens with zero attached hydrogens (tertiary/aromatic N) is 5. The summed E-state index contributed by atoms with van der Waals surface area (Å²) in [6.45, 7) is 1.23. The molecule has 3 aromatic rings. The number of hydrogen-bond donors (Lipinski definition) is 0. The summed E-state index contributed by atoms with van der Waals surface area (Å²) in [4.78, 5) is 27.3. The number of aromatic nitrogens is 4. The molecule has 0 radical (unpaired) electrons. The van der Waals surface area contributed by atoms with E-state index in [0.29, 0.717) is 36.9 Å². The number of halogens is 1. The van der Waals surface area contributed by atoms with Gasteiger partial charge in [-0.05, 0) is 57.3 Å². The Morgan fingerprint density at radius 2 is 1.87 bits per heavy atom. The lowest BCUT2D eigenvalue weighted by atomic mass is 9.93. The summed E-state index contributed by atoms with van der Waals surface area (Å²) in [5, 5.41) is 0. The molecule has 0 spiro atoms. The van der Waals surface area contributed by atoms with Crippen LogP contribution in [0.2, 0.25) is 0 Å². The average Bonchev–Trinajstić information content (AvgIpc) is 3.20. The molecule has 2 heterocycles. The molecule has 162 valence electrons. The zero-order chi connectivity index (χ0) is 21.8. The van der Waals surface area contributed by atoms with Crippen molar-refractivity contribution in [2.24, 2.45) is 0 Å². The molecule has 0 bridgehead atoms. The molecule has 2 aromatic heterocycles. The number of Topliss-reactive ketones (excluding diaryl/α,β-unsaturated/α-hetero) is 1. The Morgan fingerprint density at radius 3 is 2.58 bits per heavy atom. The van der Waals surface area contributed by atoms with Crippen LogP contribution in [0, 0.1) is 5.82 Å². The van der Waals surface area contributed by atoms with Gasteiger partial charge in [0.15, 0.2) is 0 Å². The van der Waals surface area contributed by atoms with Crippen molar-refractivity contribution in [2.45, 2.75) is 31.7 Å². The average molecular weight is 423 g/mol. The first-order valence-electron chi connectivity index (χ1n) is 10.5. The summed E-state index contributed by atoms with van der Waals surface area (Å²) in [7, 11) is 3.95. The SMILES string of the molecule is CN(C)CCOc1nccc(-c2c(-c3ccc(F)cc3)ncn2C2CCC(=O)CC2)n1. The third-order valence-electron chi connectivity index (χ3n) is 5.46. The van der Waals surface area contributed by atoms with E-state index in [1.807, 2.05) is 25.1 Å². The highest BCUT2D eigenvalue weighted by Crippen LogP contribution is 2.36. The number of rotatable bonds is 7. The van der Waals surface area contributed by atoms with Crippen LogP contribution < -0.4 is 4.74 Å². The van der Waals surface area contributed by atoms with Crippen LogP contribution in [0.1, 0.15) is 31.7 Å². The van der Waals surface area contributed by atoms with E-state index in [4.69, 9.17) is 4.74 Å². The maximum atomic E-state index is 13.5. The van der Waals surface area contributed by atoms with Gasteiger partial charge >= 0.3 is 6.01 Å². The third kappa shape index (κ3) is 4.96. The maximum absolute atomic E-state index is 13.5. The Hall–Kier alpha value is -3.13. The van der Waals surface area contributed by atoms with Crippen molar-refractivity contribution < 1.29 is 13.9 Å². The van der Waals surface area contributed by atoms with Crippen molar-refractivity contribution in [3.8, 4) is 28.7 Å². The molecule has 1 saturated carbocycles. The second-order valence-electron chi connectivity index (χ2n) is 8.00. The fourth-order valence-electron chi connectivity index (χ4n) is 3.77. The molecule has 0 amide bonds. The summed E-state index contributed by atoms with van der Waals surface area (Å²) in [6.07, 6.45) is 6.13. The number of benzene rings is 1. The van der Waals surface area contributed by atoms with Gasteiger partial charge in [-0.3, -0.25) is 4.79 Å². The van der Waals surface area contributed by atoms with Gasteiger partial charge in [0.25, 0.3) is 0 Å². The molecule has 1 aromatic carbocycles. The fraction of sp³-hybridized carbons (Fsp3) is 0.391. The van der Waals surface area contributed by atoms with E-state index < -0.39 is 0 Å². The number of likely N-dealkylation sites (N-methyl/N-ethyl adjacent to an activating group) is 1. The predicted molar refractivity (Wildman–Crippen MR) is 115 cm³/mol. The maximum Gasteiger partial charge on any atom is 0.316 e. The minimum absolute atomic E-state index is 0.155. The second-order valence-corrected chi connectivity index (χ2v) is 8.00. The largest absolute Gasteiger partial charge is 0.462 e. The van der Waals surface area contributed by atoms with Gasteiger partial charge in [0.2, 0.25) is 0 Å². The molecule has 4 rings (SSSR count). The molecule has 7 nitrogen and oxygen atoms in total. The topological polar surface area (TPSA) is 73.1 Å². The number of ether oxygens (including phenoxy) is 1. The lowest BCUT2D eigenvalue weighted by Gasteiger charge is -2.24. The molecule has 0 N–H and O–H groups in total. The normalized spacial score (nSPS) is 14.9. The van der Waals surface area contributed by atoms with Crippen molar-refractivity contribution in [3.05, 3.63) is 48.7 Å². The van der Waals surface area contributed by atoms with E-state index in [1.54, 1.807) is 24.7 Å². The summed E-state index contributed by atoms with van der Waals surface area (Å²) < 4.78 is 21.3. The van der Waals surface area contributed by atoms with E-state index in [1.165, 1.54) is 12.1 Å². The molecule has 0 atom stereocenters. The van der Waals surface area contributed by atoms with Gasteiger partial charge in [-0.25, -0.2) is 14.4 Å². The number of ketones is 1. The Bertz CT molecular complexity index is 1040. The van der Waals surface area contributed by atoms with Crippen LogP contribution in [0.3, 0.4) is 0 Å². The Labute approximate surface area is 180 Å². The van der Waals surface area contributed by atoms with Gasteiger partial charge in [-0.15, -0.1) is 0 Å². The quantitative estimate of drug-likeness (QED) is 0.576. The first kappa shape index (κ1) is 21.1. The van der Waals surface area contributed by atoms with Crippen molar-refractivity contribution in [1.82, 2.24) is 24.4 Å². The summed E-state index contributed by atoms with van der Waals surface area (Å²) in [6, 6.07) is 8.56. The van der Waals surface area contributed by atoms with E-state index in [2.05, 4.69) is 19.5 Å². The highest BCUT2D eigenvalue weighted by molar-refractivity contribution is 5.80. The minimum atomic E-state index is -0.297. The molecular weight excluding hydrogens is 397 g/mol. The van der Waals surface area contributed by atoms with Gasteiger partial charge in [-0.1, -0.05) is 0 Å². The van der Waals surface area contributed by atoms with Gasteiger partial charge in [0, 0.05) is 37.2 Å². The molecule has 0 saturated heterocycles. The number of carbonyl (C=O) groups is 1. The van der Waals surface area contributed by atoms with E-state index in [-0.39, 0.29) is 11.9 Å². The molecule has 1 aliphatic carbocycles. The van der Waals surface area contributed by atoms with Gasteiger partial charge < -0.3 is 14.2 Å². The van der Waals surface area contributed by atoms with Crippen LogP contribution in [0.15, 0.2) is 42.9 Å². The van der Waals surface area contributed by atoms with Crippen molar-refractivity contribution in [1.29, 1.82) is 0 Å². The monoisotopic (exact) mass is 423 g/mol. The van der Waals surface area contributed by atoms with E-state index in [9.17, 15) is 9.18 Å². The molecule has 1 fully saturated rings. The number of imidazole rings is 1. The first-order valence-corrected chi connectivity index (χ1v) is 10.5. The molecule has 0 aliphatic heterocycles. The lowest BCUT2D eigenvalue weighted by Crippen LogP contribution is -2.20. The van der Waals surface area contributed by atoms with Gasteiger partial charge in [0.05, 0.1) is 23.4 Å². The van der Waals surface area contributed by atoms with Gasteiger partial charge in [-0.2, -0.15) is 4.98 Å². The van der Waals surface area contributed by atoms with E-state index >= 15 is 0 Å². The molecule has 1 aliphatic rings. The second kappa shape index (κ2) is 9.34. The third-order valence-corrected chi connectivity index (χ3v) is 5.46. The van der Waals surface area contributed by atoms with Crippen LogP contribution in [0.25, 0.3) is 22.6 Å². The number of hydrogen-bond acceptors (Lipinski definition) is 6. The summed E-state index contributed by atoms with van der Waals surface area (Å²) >= 11 is 0. The summed E-state index contributed by atoms with van der Waals surface area (Å²) in [5.41, 5.74) is 3.03. The Kier molecular flexibility index (Phi) is 6.36. The van der Waals surface area contributed by atoms with Crippen LogP contribution in [0.5, 0.6) is 6.01 Å². The molecule has 8 heteroatoms. The predicted octanol–water partition coefficient (Wildman–Crippen LogP) is 3.77. The van der Waals surface area contributed by atoms with Gasteiger partial charge in [0.1, 0.15) is 18.2 Å². The zero-order valence-corrected chi connectivity index (χ0v) is 17.8. The molecule has 0 unspecified atom stereocenters. The first-order chi connectivity index (χ1) is 15.0. The zero-order valence-electron chi connectivity index (χ0n) is 17.8. The van der Waals surface area contributed by atoms with Crippen LogP contribution in [-0.2, 0) is 4.79 Å². The van der Waals surface area contributed by atoms with Crippen LogP contribution in [0.4, 0.5) is 4.39 Å². The van der Waals surface area contributed by atoms with Crippen molar-refractivity contribution in [2.75, 3.05) is 27.2 Å². The lowest BCUT2D eigenvalue weighted by molar-refractivity contribution is -0.120.